The van der Waals surface area contributed by atoms with Gasteiger partial charge < -0.3 is 19.7 Å². The highest BCUT2D eigenvalue weighted by atomic mass is 16.5. The zero-order valence-electron chi connectivity index (χ0n) is 14.5. The van der Waals surface area contributed by atoms with Crippen molar-refractivity contribution in [1.29, 1.82) is 0 Å². The molecule has 1 aliphatic heterocycles. The Morgan fingerprint density at radius 2 is 1.96 bits per heavy atom. The third-order valence-corrected chi connectivity index (χ3v) is 4.25. The number of piperazine rings is 1. The van der Waals surface area contributed by atoms with E-state index in [1.165, 1.54) is 7.11 Å². The van der Waals surface area contributed by atoms with Gasteiger partial charge in [-0.15, -0.1) is 0 Å². The first-order valence-electron chi connectivity index (χ1n) is 7.95. The smallest absolute Gasteiger partial charge is 0.253 e. The van der Waals surface area contributed by atoms with Gasteiger partial charge in [0, 0.05) is 39.8 Å². The van der Waals surface area contributed by atoms with Gasteiger partial charge >= 0.3 is 0 Å². The van der Waals surface area contributed by atoms with Crippen LogP contribution in [-0.4, -0.2) is 69.3 Å². The Labute approximate surface area is 138 Å². The van der Waals surface area contributed by atoms with Crippen molar-refractivity contribution in [3.63, 3.8) is 0 Å². The fourth-order valence-corrected chi connectivity index (χ4v) is 2.56. The Balaban J connectivity index is 2.07. The van der Waals surface area contributed by atoms with Crippen LogP contribution in [0.3, 0.4) is 0 Å². The molecule has 1 saturated heterocycles. The van der Waals surface area contributed by atoms with Crippen LogP contribution in [0.1, 0.15) is 12.5 Å². The first-order valence-corrected chi connectivity index (χ1v) is 7.95. The third kappa shape index (κ3) is 4.92. The van der Waals surface area contributed by atoms with E-state index in [1.54, 1.807) is 14.0 Å². The molecule has 6 heteroatoms. The van der Waals surface area contributed by atoms with Crippen LogP contribution in [0.4, 0.5) is 5.69 Å². The summed E-state index contributed by atoms with van der Waals surface area (Å²) in [6.07, 6.45) is -0.499. The van der Waals surface area contributed by atoms with E-state index in [2.05, 4.69) is 22.2 Å². The van der Waals surface area contributed by atoms with E-state index in [4.69, 9.17) is 9.47 Å². The maximum Gasteiger partial charge on any atom is 0.253 e. The average Bonchev–Trinajstić information content (AvgIpc) is 2.56. The number of methoxy groups -OCH3 is 2. The molecule has 2 rings (SSSR count). The number of nitrogens with zero attached hydrogens (tertiary/aromatic N) is 2. The predicted octanol–water partition coefficient (Wildman–Crippen LogP) is 1.42. The Bertz CT molecular complexity index is 528. The Hall–Kier alpha value is -1.63. The molecule has 0 radical (unpaired) electrons. The van der Waals surface area contributed by atoms with Crippen molar-refractivity contribution in [2.75, 3.05) is 52.8 Å². The molecule has 0 aromatic heterocycles. The molecular weight excluding hydrogens is 294 g/mol. The lowest BCUT2D eigenvalue weighted by Crippen LogP contribution is -2.43. The van der Waals surface area contributed by atoms with E-state index in [0.29, 0.717) is 11.4 Å². The fourth-order valence-electron chi connectivity index (χ4n) is 2.56. The molecule has 0 spiro atoms. The number of hydrogen-bond acceptors (Lipinski definition) is 5. The van der Waals surface area contributed by atoms with Gasteiger partial charge in [0.05, 0.1) is 12.8 Å². The van der Waals surface area contributed by atoms with Crippen molar-refractivity contribution in [2.45, 2.75) is 19.6 Å². The van der Waals surface area contributed by atoms with Crippen LogP contribution in [0.5, 0.6) is 5.75 Å². The van der Waals surface area contributed by atoms with E-state index >= 15 is 0 Å². The van der Waals surface area contributed by atoms with Gasteiger partial charge in [-0.25, -0.2) is 0 Å². The standard InChI is InChI=1S/C17H27N3O3/c1-13(22-3)17(21)18-15-11-14(5-6-16(15)23-4)12-20-9-7-19(2)8-10-20/h5-6,11,13H,7-10,12H2,1-4H3,(H,18,21)/t13-/m0/s1. The summed E-state index contributed by atoms with van der Waals surface area (Å²) >= 11 is 0. The number of carbonyl (C=O) groups is 1. The molecule has 1 fully saturated rings. The molecule has 1 aromatic carbocycles. The fraction of sp³-hybridized carbons (Fsp3) is 0.588. The second-order valence-corrected chi connectivity index (χ2v) is 5.98. The Morgan fingerprint density at radius 1 is 1.26 bits per heavy atom. The number of rotatable bonds is 6. The predicted molar refractivity (Wildman–Crippen MR) is 90.9 cm³/mol. The van der Waals surface area contributed by atoms with E-state index in [-0.39, 0.29) is 5.91 Å². The molecule has 1 aliphatic rings. The number of ether oxygens (including phenoxy) is 2. The van der Waals surface area contributed by atoms with E-state index in [0.717, 1.165) is 38.3 Å². The molecule has 23 heavy (non-hydrogen) atoms. The number of carbonyl (C=O) groups excluding carboxylic acids is 1. The van der Waals surface area contributed by atoms with Gasteiger partial charge in [0.2, 0.25) is 0 Å². The van der Waals surface area contributed by atoms with Crippen LogP contribution >= 0.6 is 0 Å². The third-order valence-electron chi connectivity index (χ3n) is 4.25. The lowest BCUT2D eigenvalue weighted by molar-refractivity contribution is -0.124. The van der Waals surface area contributed by atoms with Crippen LogP contribution in [0.25, 0.3) is 0 Å². The van der Waals surface area contributed by atoms with Gasteiger partial charge in [-0.2, -0.15) is 0 Å². The number of nitrogens with one attached hydrogen (secondary N) is 1. The maximum atomic E-state index is 12.0. The molecule has 1 N–H and O–H groups in total. The van der Waals surface area contributed by atoms with Crippen LogP contribution < -0.4 is 10.1 Å². The zero-order valence-corrected chi connectivity index (χ0v) is 14.5. The molecule has 6 nitrogen and oxygen atoms in total. The average molecular weight is 321 g/mol. The summed E-state index contributed by atoms with van der Waals surface area (Å²) in [6.45, 7) is 6.89. The van der Waals surface area contributed by atoms with Crippen molar-refractivity contribution >= 4 is 11.6 Å². The van der Waals surface area contributed by atoms with Gasteiger partial charge in [0.15, 0.2) is 0 Å². The highest BCUT2D eigenvalue weighted by molar-refractivity contribution is 5.95. The lowest BCUT2D eigenvalue weighted by atomic mass is 10.1. The summed E-state index contributed by atoms with van der Waals surface area (Å²) in [5, 5.41) is 2.88. The van der Waals surface area contributed by atoms with E-state index in [9.17, 15) is 4.79 Å². The SMILES string of the molecule is COc1ccc(CN2CCN(C)CC2)cc1NC(=O)[C@H](C)OC. The molecule has 1 aromatic rings. The Kier molecular flexibility index (Phi) is 6.38. The summed E-state index contributed by atoms with van der Waals surface area (Å²) < 4.78 is 10.4. The number of hydrogen-bond donors (Lipinski definition) is 1. The summed E-state index contributed by atoms with van der Waals surface area (Å²) in [7, 11) is 5.27. The molecule has 128 valence electrons. The van der Waals surface area contributed by atoms with Crippen molar-refractivity contribution < 1.29 is 14.3 Å². The summed E-state index contributed by atoms with van der Waals surface area (Å²) in [6, 6.07) is 5.93. The summed E-state index contributed by atoms with van der Waals surface area (Å²) in [4.78, 5) is 16.8. The number of amides is 1. The monoisotopic (exact) mass is 321 g/mol. The first-order chi connectivity index (χ1) is 11.0. The van der Waals surface area contributed by atoms with Crippen molar-refractivity contribution in [2.24, 2.45) is 0 Å². The largest absolute Gasteiger partial charge is 0.495 e. The normalized spacial score (nSPS) is 17.7. The molecule has 0 saturated carbocycles. The second kappa shape index (κ2) is 8.29. The van der Waals surface area contributed by atoms with Gasteiger partial charge in [-0.3, -0.25) is 9.69 Å². The highest BCUT2D eigenvalue weighted by Crippen LogP contribution is 2.26. The van der Waals surface area contributed by atoms with Crippen molar-refractivity contribution in [1.82, 2.24) is 9.80 Å². The number of anilines is 1. The van der Waals surface area contributed by atoms with Gasteiger partial charge in [-0.1, -0.05) is 6.07 Å². The van der Waals surface area contributed by atoms with E-state index in [1.807, 2.05) is 18.2 Å². The van der Waals surface area contributed by atoms with Gasteiger partial charge in [-0.05, 0) is 31.7 Å². The quantitative estimate of drug-likeness (QED) is 0.859. The van der Waals surface area contributed by atoms with Crippen molar-refractivity contribution in [3.05, 3.63) is 23.8 Å². The van der Waals surface area contributed by atoms with Crippen LogP contribution in [0.2, 0.25) is 0 Å². The topological polar surface area (TPSA) is 54.0 Å². The Morgan fingerprint density at radius 3 is 2.57 bits per heavy atom. The minimum atomic E-state index is -0.499. The molecular formula is C17H27N3O3. The van der Waals surface area contributed by atoms with Crippen molar-refractivity contribution in [3.8, 4) is 5.75 Å². The lowest BCUT2D eigenvalue weighted by Gasteiger charge is -2.32. The molecule has 1 heterocycles. The molecule has 0 aliphatic carbocycles. The maximum absolute atomic E-state index is 12.0. The summed E-state index contributed by atoms with van der Waals surface area (Å²) in [5.41, 5.74) is 1.85. The molecule has 0 unspecified atom stereocenters. The van der Waals surface area contributed by atoms with E-state index < -0.39 is 6.10 Å². The minimum absolute atomic E-state index is 0.178. The molecule has 1 amide bonds. The van der Waals surface area contributed by atoms with Crippen LogP contribution in [0, 0.1) is 0 Å². The summed E-state index contributed by atoms with van der Waals surface area (Å²) in [5.74, 6) is 0.478. The molecule has 0 bridgehead atoms. The highest BCUT2D eigenvalue weighted by Gasteiger charge is 2.17. The molecule has 1 atom stereocenters. The van der Waals surface area contributed by atoms with Crippen LogP contribution in [-0.2, 0) is 16.1 Å². The number of benzene rings is 1. The van der Waals surface area contributed by atoms with Crippen LogP contribution in [0.15, 0.2) is 18.2 Å². The first kappa shape index (κ1) is 17.7. The van der Waals surface area contributed by atoms with Gasteiger partial charge in [0.1, 0.15) is 11.9 Å². The zero-order chi connectivity index (χ0) is 16.8. The second-order valence-electron chi connectivity index (χ2n) is 5.98. The number of likely N-dealkylation sites (N-methyl/N-ethyl adjacent to an activating group) is 1. The van der Waals surface area contributed by atoms with Gasteiger partial charge in [0.25, 0.3) is 5.91 Å². The minimum Gasteiger partial charge on any atom is -0.495 e.